The van der Waals surface area contributed by atoms with Crippen molar-refractivity contribution < 1.29 is 0 Å². The number of nitrogens with zero attached hydrogens (tertiary/aromatic N) is 3. The van der Waals surface area contributed by atoms with Gasteiger partial charge in [-0.25, -0.2) is 15.0 Å². The van der Waals surface area contributed by atoms with Gasteiger partial charge < -0.3 is 0 Å². The molecule has 3 heterocycles. The Labute approximate surface area is 338 Å². The maximum absolute atomic E-state index is 5.21. The minimum atomic E-state index is -0.422. The van der Waals surface area contributed by atoms with Crippen LogP contribution in [0.4, 0.5) is 0 Å². The van der Waals surface area contributed by atoms with Crippen LogP contribution in [0.5, 0.6) is 0 Å². The fourth-order valence-electron chi connectivity index (χ4n) is 9.11. The Hall–Kier alpha value is -6.66. The Balaban J connectivity index is 1.07. The van der Waals surface area contributed by atoms with Crippen LogP contribution in [0.2, 0.25) is 0 Å². The lowest BCUT2D eigenvalue weighted by Gasteiger charge is -2.39. The van der Waals surface area contributed by atoms with Crippen molar-refractivity contribution in [1.29, 1.82) is 0 Å². The topological polar surface area (TPSA) is 38.7 Å². The molecular formula is C52H31N3S2. The molecule has 57 heavy (non-hydrogen) atoms. The van der Waals surface area contributed by atoms with Gasteiger partial charge in [-0.2, -0.15) is 0 Å². The van der Waals surface area contributed by atoms with Crippen LogP contribution in [-0.2, 0) is 5.41 Å². The molecule has 0 saturated heterocycles. The second kappa shape index (κ2) is 12.7. The van der Waals surface area contributed by atoms with E-state index in [4.69, 9.17) is 15.0 Å². The third-order valence-electron chi connectivity index (χ3n) is 11.6. The molecule has 0 saturated carbocycles. The molecule has 0 radical (unpaired) electrons. The molecule has 2 aliphatic rings. The highest BCUT2D eigenvalue weighted by Crippen LogP contribution is 2.63. The standard InChI is InChI=1S/C52H31N3S2/c1-3-14-32(15-4-1)33-26-28-35(29-27-33)50-53-49(34-16-5-2-6-17-34)54-51(55-50)39-21-13-20-38-40-30-44-47(31-46(40)57-48(38)39)56-45-25-12-11-24-43(45)52(44)41-22-9-7-18-36(41)37-19-8-10-23-42(37)52/h1-31H. The zero-order valence-electron chi connectivity index (χ0n) is 30.6. The molecule has 0 N–H and O–H groups in total. The second-order valence-electron chi connectivity index (χ2n) is 14.7. The van der Waals surface area contributed by atoms with Crippen molar-refractivity contribution in [2.45, 2.75) is 15.2 Å². The highest BCUT2D eigenvalue weighted by Gasteiger charge is 2.50. The third kappa shape index (κ3) is 4.89. The summed E-state index contributed by atoms with van der Waals surface area (Å²) in [4.78, 5) is 18.1. The molecule has 0 atom stereocenters. The minimum absolute atomic E-state index is 0.422. The molecule has 2 aromatic heterocycles. The molecule has 1 aliphatic heterocycles. The molecule has 0 bridgehead atoms. The van der Waals surface area contributed by atoms with Gasteiger partial charge in [-0.3, -0.25) is 0 Å². The van der Waals surface area contributed by atoms with Gasteiger partial charge in [-0.1, -0.05) is 176 Å². The van der Waals surface area contributed by atoms with Gasteiger partial charge in [0, 0.05) is 46.7 Å². The van der Waals surface area contributed by atoms with E-state index in [2.05, 4.69) is 164 Å². The predicted octanol–water partition coefficient (Wildman–Crippen LogP) is 13.7. The van der Waals surface area contributed by atoms with Crippen LogP contribution in [0.15, 0.2) is 198 Å². The summed E-state index contributed by atoms with van der Waals surface area (Å²) in [5, 5.41) is 2.47. The summed E-state index contributed by atoms with van der Waals surface area (Å²) >= 11 is 3.72. The largest absolute Gasteiger partial charge is 0.208 e. The number of benzene rings is 8. The first-order valence-electron chi connectivity index (χ1n) is 19.2. The smallest absolute Gasteiger partial charge is 0.165 e. The third-order valence-corrected chi connectivity index (χ3v) is 14.0. The average Bonchev–Trinajstić information content (AvgIpc) is 3.80. The van der Waals surface area contributed by atoms with E-state index >= 15 is 0 Å². The van der Waals surface area contributed by atoms with E-state index in [1.165, 1.54) is 68.9 Å². The lowest BCUT2D eigenvalue weighted by atomic mass is 9.67. The average molecular weight is 762 g/mol. The van der Waals surface area contributed by atoms with Crippen molar-refractivity contribution in [3.63, 3.8) is 0 Å². The molecule has 266 valence electrons. The van der Waals surface area contributed by atoms with E-state index in [0.29, 0.717) is 17.5 Å². The summed E-state index contributed by atoms with van der Waals surface area (Å²) in [6.07, 6.45) is 0. The summed E-state index contributed by atoms with van der Waals surface area (Å²) in [6.45, 7) is 0. The van der Waals surface area contributed by atoms with Crippen LogP contribution in [0, 0.1) is 0 Å². The maximum atomic E-state index is 5.21. The van der Waals surface area contributed by atoms with Crippen molar-refractivity contribution in [3.8, 4) is 56.4 Å². The summed E-state index contributed by atoms with van der Waals surface area (Å²) in [6, 6.07) is 67.8. The van der Waals surface area contributed by atoms with Crippen molar-refractivity contribution in [2.24, 2.45) is 0 Å². The number of thiophene rings is 1. The highest BCUT2D eigenvalue weighted by atomic mass is 32.2. The molecule has 0 unspecified atom stereocenters. The Kier molecular flexibility index (Phi) is 7.25. The molecule has 0 fully saturated rings. The van der Waals surface area contributed by atoms with Gasteiger partial charge in [0.05, 0.1) is 5.41 Å². The molecule has 1 spiro atoms. The summed E-state index contributed by atoms with van der Waals surface area (Å²) in [5.41, 5.74) is 12.8. The minimum Gasteiger partial charge on any atom is -0.208 e. The van der Waals surface area contributed by atoms with Gasteiger partial charge in [-0.15, -0.1) is 11.3 Å². The fourth-order valence-corrected chi connectivity index (χ4v) is 11.6. The fraction of sp³-hybridized carbons (Fsp3) is 0.0192. The highest BCUT2D eigenvalue weighted by molar-refractivity contribution is 7.99. The van der Waals surface area contributed by atoms with E-state index in [0.717, 1.165) is 22.3 Å². The molecular weight excluding hydrogens is 731 g/mol. The van der Waals surface area contributed by atoms with Gasteiger partial charge >= 0.3 is 0 Å². The predicted molar refractivity (Wildman–Crippen MR) is 236 cm³/mol. The SMILES string of the molecule is c1ccc(-c2ccc(-c3nc(-c4ccccc4)nc(-c4cccc5c4sc4cc6c(cc45)C4(c5ccccc5S6)c5ccccc5-c5ccccc54)n3)cc2)cc1. The van der Waals surface area contributed by atoms with E-state index in [-0.39, 0.29) is 0 Å². The Morgan fingerprint density at radius 2 is 0.877 bits per heavy atom. The lowest BCUT2D eigenvalue weighted by Crippen LogP contribution is -2.31. The van der Waals surface area contributed by atoms with Gasteiger partial charge in [0.1, 0.15) is 0 Å². The molecule has 3 nitrogen and oxygen atoms in total. The zero-order chi connectivity index (χ0) is 37.5. The number of fused-ring (bicyclic) bond motifs is 12. The first-order chi connectivity index (χ1) is 28.2. The van der Waals surface area contributed by atoms with E-state index in [1.54, 1.807) is 0 Å². The monoisotopic (exact) mass is 761 g/mol. The molecule has 0 amide bonds. The van der Waals surface area contributed by atoms with Gasteiger partial charge in [0.25, 0.3) is 0 Å². The van der Waals surface area contributed by atoms with Crippen LogP contribution in [0.1, 0.15) is 22.3 Å². The normalized spacial score (nSPS) is 13.3. The molecule has 10 aromatic rings. The summed E-state index contributed by atoms with van der Waals surface area (Å²) in [7, 11) is 0. The summed E-state index contributed by atoms with van der Waals surface area (Å²) in [5.74, 6) is 1.98. The lowest BCUT2D eigenvalue weighted by molar-refractivity contribution is 0.724. The van der Waals surface area contributed by atoms with Crippen molar-refractivity contribution in [2.75, 3.05) is 0 Å². The van der Waals surface area contributed by atoms with Crippen molar-refractivity contribution >= 4 is 43.3 Å². The van der Waals surface area contributed by atoms with Gasteiger partial charge in [0.2, 0.25) is 0 Å². The van der Waals surface area contributed by atoms with Gasteiger partial charge in [0.15, 0.2) is 17.5 Å². The van der Waals surface area contributed by atoms with Crippen molar-refractivity contribution in [3.05, 3.63) is 210 Å². The number of aromatic nitrogens is 3. The molecule has 12 rings (SSSR count). The first kappa shape index (κ1) is 32.6. The first-order valence-corrected chi connectivity index (χ1v) is 20.8. The van der Waals surface area contributed by atoms with Crippen molar-refractivity contribution in [1.82, 2.24) is 15.0 Å². The molecule has 5 heteroatoms. The van der Waals surface area contributed by atoms with Gasteiger partial charge in [-0.05, 0) is 68.8 Å². The van der Waals surface area contributed by atoms with Crippen LogP contribution in [0.3, 0.4) is 0 Å². The number of hydrogen-bond donors (Lipinski definition) is 0. The van der Waals surface area contributed by atoms with E-state index < -0.39 is 5.41 Å². The maximum Gasteiger partial charge on any atom is 0.165 e. The van der Waals surface area contributed by atoms with E-state index in [1.807, 2.05) is 47.4 Å². The van der Waals surface area contributed by atoms with Crippen LogP contribution in [-0.4, -0.2) is 15.0 Å². The Morgan fingerprint density at radius 1 is 0.351 bits per heavy atom. The second-order valence-corrected chi connectivity index (χ2v) is 16.8. The zero-order valence-corrected chi connectivity index (χ0v) is 32.2. The van der Waals surface area contributed by atoms with Crippen LogP contribution < -0.4 is 0 Å². The Bertz CT molecular complexity index is 3160. The molecule has 1 aliphatic carbocycles. The number of rotatable bonds is 4. The van der Waals surface area contributed by atoms with Crippen LogP contribution in [0.25, 0.3) is 76.6 Å². The summed E-state index contributed by atoms with van der Waals surface area (Å²) < 4.78 is 2.43. The number of hydrogen-bond acceptors (Lipinski definition) is 5. The molecule has 8 aromatic carbocycles. The van der Waals surface area contributed by atoms with E-state index in [9.17, 15) is 0 Å². The van der Waals surface area contributed by atoms with Crippen LogP contribution >= 0.6 is 23.1 Å². The quantitative estimate of drug-likeness (QED) is 0.179. The Morgan fingerprint density at radius 3 is 1.58 bits per heavy atom.